The van der Waals surface area contributed by atoms with Crippen LogP contribution in [0.3, 0.4) is 0 Å². The second-order valence-corrected chi connectivity index (χ2v) is 5.24. The molecule has 2 rings (SSSR count). The van der Waals surface area contributed by atoms with Gasteiger partial charge in [-0.1, -0.05) is 31.9 Å². The number of allylic oxidation sites excluding steroid dienone is 2. The number of fused-ring (bicyclic) bond motifs is 1. The average Bonchev–Trinajstić information content (AvgIpc) is 2.18. The summed E-state index contributed by atoms with van der Waals surface area (Å²) in [6.07, 6.45) is 14.2. The van der Waals surface area contributed by atoms with E-state index in [2.05, 4.69) is 19.1 Å². The highest BCUT2D eigenvalue weighted by atomic mass is 16.1. The second-order valence-electron chi connectivity index (χ2n) is 5.24. The van der Waals surface area contributed by atoms with Crippen molar-refractivity contribution in [2.24, 2.45) is 10.8 Å². The minimum Gasteiger partial charge on any atom is -0.303 e. The van der Waals surface area contributed by atoms with Crippen molar-refractivity contribution in [1.82, 2.24) is 0 Å². The van der Waals surface area contributed by atoms with Crippen molar-refractivity contribution in [2.45, 2.75) is 51.9 Å². The molecule has 1 nitrogen and oxygen atoms in total. The van der Waals surface area contributed by atoms with Gasteiger partial charge >= 0.3 is 0 Å². The third kappa shape index (κ3) is 1.34. The predicted octanol–water partition coefficient (Wildman–Crippen LogP) is 3.49. The van der Waals surface area contributed by atoms with Gasteiger partial charge in [0, 0.05) is 11.8 Å². The molecule has 2 aliphatic rings. The van der Waals surface area contributed by atoms with Crippen LogP contribution in [0.2, 0.25) is 0 Å². The fourth-order valence-corrected chi connectivity index (χ4v) is 3.44. The first-order chi connectivity index (χ1) is 6.72. The number of aldehydes is 1. The SMILES string of the molecule is CC12CCC=CC1(CC=O)CCCC2. The zero-order valence-corrected chi connectivity index (χ0v) is 9.09. The van der Waals surface area contributed by atoms with E-state index in [1.54, 1.807) is 0 Å². The molecule has 1 heteroatoms. The van der Waals surface area contributed by atoms with E-state index in [-0.39, 0.29) is 5.41 Å². The average molecular weight is 192 g/mol. The molecule has 0 aliphatic heterocycles. The molecule has 0 aromatic carbocycles. The molecule has 78 valence electrons. The van der Waals surface area contributed by atoms with Crippen LogP contribution in [0.5, 0.6) is 0 Å². The Morgan fingerprint density at radius 2 is 2.07 bits per heavy atom. The van der Waals surface area contributed by atoms with Crippen LogP contribution in [0.1, 0.15) is 51.9 Å². The van der Waals surface area contributed by atoms with E-state index in [1.807, 2.05) is 0 Å². The second kappa shape index (κ2) is 3.52. The number of carbonyl (C=O) groups is 1. The van der Waals surface area contributed by atoms with Crippen LogP contribution in [0, 0.1) is 10.8 Å². The molecule has 2 aliphatic carbocycles. The molecule has 0 aromatic heterocycles. The number of hydrogen-bond donors (Lipinski definition) is 0. The number of hydrogen-bond acceptors (Lipinski definition) is 1. The maximum Gasteiger partial charge on any atom is 0.120 e. The van der Waals surface area contributed by atoms with E-state index < -0.39 is 0 Å². The van der Waals surface area contributed by atoms with Crippen LogP contribution in [-0.2, 0) is 4.79 Å². The minimum atomic E-state index is 0.214. The molecule has 0 spiro atoms. The van der Waals surface area contributed by atoms with Crippen molar-refractivity contribution in [2.75, 3.05) is 0 Å². The largest absolute Gasteiger partial charge is 0.303 e. The van der Waals surface area contributed by atoms with Crippen LogP contribution in [0.15, 0.2) is 12.2 Å². The van der Waals surface area contributed by atoms with Gasteiger partial charge in [0.15, 0.2) is 0 Å². The van der Waals surface area contributed by atoms with Gasteiger partial charge in [-0.3, -0.25) is 0 Å². The zero-order chi connectivity index (χ0) is 10.1. The maximum absolute atomic E-state index is 10.8. The van der Waals surface area contributed by atoms with Crippen LogP contribution < -0.4 is 0 Å². The summed E-state index contributed by atoms with van der Waals surface area (Å²) in [5.74, 6) is 0. The standard InChI is InChI=1S/C13H20O/c1-12-6-2-4-8-13(12,10-11-14)9-5-3-7-12/h4,8,11H,2-3,5-7,9-10H2,1H3. The Morgan fingerprint density at radius 1 is 1.29 bits per heavy atom. The summed E-state index contributed by atoms with van der Waals surface area (Å²) < 4.78 is 0. The molecule has 0 heterocycles. The van der Waals surface area contributed by atoms with Crippen molar-refractivity contribution < 1.29 is 4.79 Å². The molecule has 0 bridgehead atoms. The fourth-order valence-electron chi connectivity index (χ4n) is 3.44. The first-order valence-corrected chi connectivity index (χ1v) is 5.84. The third-order valence-corrected chi connectivity index (χ3v) is 4.55. The minimum absolute atomic E-state index is 0.214. The molecular weight excluding hydrogens is 172 g/mol. The summed E-state index contributed by atoms with van der Waals surface area (Å²) in [6.45, 7) is 2.39. The lowest BCUT2D eigenvalue weighted by Gasteiger charge is -2.52. The van der Waals surface area contributed by atoms with Gasteiger partial charge in [0.25, 0.3) is 0 Å². The van der Waals surface area contributed by atoms with Crippen LogP contribution in [-0.4, -0.2) is 6.29 Å². The van der Waals surface area contributed by atoms with E-state index in [4.69, 9.17) is 0 Å². The van der Waals surface area contributed by atoms with E-state index in [9.17, 15) is 4.79 Å². The molecule has 0 saturated heterocycles. The summed E-state index contributed by atoms with van der Waals surface area (Å²) in [6, 6.07) is 0. The Labute approximate surface area is 86.6 Å². The van der Waals surface area contributed by atoms with E-state index in [1.165, 1.54) is 38.5 Å². The van der Waals surface area contributed by atoms with Gasteiger partial charge in [-0.2, -0.15) is 0 Å². The van der Waals surface area contributed by atoms with Gasteiger partial charge in [-0.05, 0) is 31.1 Å². The highest BCUT2D eigenvalue weighted by Crippen LogP contribution is 2.57. The van der Waals surface area contributed by atoms with Crippen molar-refractivity contribution in [3.63, 3.8) is 0 Å². The normalized spacial score (nSPS) is 41.8. The van der Waals surface area contributed by atoms with Gasteiger partial charge in [-0.25, -0.2) is 0 Å². The van der Waals surface area contributed by atoms with Gasteiger partial charge in [0.05, 0.1) is 0 Å². The predicted molar refractivity (Wildman–Crippen MR) is 58.1 cm³/mol. The smallest absolute Gasteiger partial charge is 0.120 e. The van der Waals surface area contributed by atoms with E-state index in [0.29, 0.717) is 5.41 Å². The Bertz CT molecular complexity index is 256. The molecule has 2 unspecified atom stereocenters. The molecule has 0 amide bonds. The monoisotopic (exact) mass is 192 g/mol. The summed E-state index contributed by atoms with van der Waals surface area (Å²) in [5.41, 5.74) is 0.617. The van der Waals surface area contributed by atoms with Crippen molar-refractivity contribution in [3.05, 3.63) is 12.2 Å². The highest BCUT2D eigenvalue weighted by molar-refractivity contribution is 5.52. The molecule has 0 aromatic rings. The first-order valence-electron chi connectivity index (χ1n) is 5.84. The third-order valence-electron chi connectivity index (χ3n) is 4.55. The van der Waals surface area contributed by atoms with Crippen LogP contribution in [0.4, 0.5) is 0 Å². The number of rotatable bonds is 2. The van der Waals surface area contributed by atoms with Crippen molar-refractivity contribution in [1.29, 1.82) is 0 Å². The molecule has 0 N–H and O–H groups in total. The van der Waals surface area contributed by atoms with Crippen molar-refractivity contribution in [3.8, 4) is 0 Å². The number of carbonyl (C=O) groups excluding carboxylic acids is 1. The zero-order valence-electron chi connectivity index (χ0n) is 9.09. The molecule has 1 saturated carbocycles. The Hall–Kier alpha value is -0.590. The molecule has 1 fully saturated rings. The lowest BCUT2D eigenvalue weighted by atomic mass is 9.52. The molecule has 0 radical (unpaired) electrons. The summed E-state index contributed by atoms with van der Waals surface area (Å²) in [4.78, 5) is 10.8. The summed E-state index contributed by atoms with van der Waals surface area (Å²) in [5, 5.41) is 0. The van der Waals surface area contributed by atoms with Crippen LogP contribution in [0.25, 0.3) is 0 Å². The highest BCUT2D eigenvalue weighted by Gasteiger charge is 2.48. The summed E-state index contributed by atoms with van der Waals surface area (Å²) >= 11 is 0. The van der Waals surface area contributed by atoms with Crippen LogP contribution >= 0.6 is 0 Å². The topological polar surface area (TPSA) is 17.1 Å². The molecular formula is C13H20O. The quantitative estimate of drug-likeness (QED) is 0.483. The molecule has 14 heavy (non-hydrogen) atoms. The van der Waals surface area contributed by atoms with Crippen molar-refractivity contribution >= 4 is 6.29 Å². The Balaban J connectivity index is 2.32. The maximum atomic E-state index is 10.8. The molecule has 2 atom stereocenters. The first kappa shape index (κ1) is 9.95. The van der Waals surface area contributed by atoms with Gasteiger partial charge in [0.2, 0.25) is 0 Å². The van der Waals surface area contributed by atoms with E-state index >= 15 is 0 Å². The van der Waals surface area contributed by atoms with E-state index in [0.717, 1.165) is 12.7 Å². The Morgan fingerprint density at radius 3 is 2.86 bits per heavy atom. The lowest BCUT2D eigenvalue weighted by Crippen LogP contribution is -2.43. The van der Waals surface area contributed by atoms with Gasteiger partial charge < -0.3 is 4.79 Å². The van der Waals surface area contributed by atoms with Gasteiger partial charge in [0.1, 0.15) is 6.29 Å². The lowest BCUT2D eigenvalue weighted by molar-refractivity contribution is -0.112. The summed E-state index contributed by atoms with van der Waals surface area (Å²) in [7, 11) is 0. The Kier molecular flexibility index (Phi) is 2.50. The van der Waals surface area contributed by atoms with Gasteiger partial charge in [-0.15, -0.1) is 0 Å². The fraction of sp³-hybridized carbons (Fsp3) is 0.769.